The third-order valence-electron chi connectivity index (χ3n) is 5.24. The Morgan fingerprint density at radius 1 is 1.12 bits per heavy atom. The number of benzene rings is 1. The van der Waals surface area contributed by atoms with Crippen LogP contribution in [0.4, 0.5) is 5.69 Å². The zero-order valence-electron chi connectivity index (χ0n) is 14.0. The smallest absolute Gasteiger partial charge is 0.228 e. The van der Waals surface area contributed by atoms with Crippen LogP contribution in [0.1, 0.15) is 38.5 Å². The van der Waals surface area contributed by atoms with Crippen molar-refractivity contribution >= 4 is 34.8 Å². The van der Waals surface area contributed by atoms with Gasteiger partial charge in [0.25, 0.3) is 0 Å². The van der Waals surface area contributed by atoms with E-state index in [4.69, 9.17) is 23.2 Å². The summed E-state index contributed by atoms with van der Waals surface area (Å²) in [6.45, 7) is 2.24. The molecule has 1 saturated heterocycles. The Morgan fingerprint density at radius 3 is 2.50 bits per heavy atom. The van der Waals surface area contributed by atoms with Gasteiger partial charge in [0.1, 0.15) is 0 Å². The van der Waals surface area contributed by atoms with Crippen LogP contribution in [0.15, 0.2) is 30.3 Å². The number of rotatable bonds is 5. The lowest BCUT2D eigenvalue weighted by atomic mass is 10.0. The van der Waals surface area contributed by atoms with Crippen molar-refractivity contribution in [3.63, 3.8) is 0 Å². The van der Waals surface area contributed by atoms with Gasteiger partial charge in [-0.05, 0) is 50.9 Å². The SMILES string of the molecule is O=C(CCCl)N(c1ccccc1)C1CC(Cl)CC1N1CCCCC1. The number of amides is 1. The molecule has 0 radical (unpaired) electrons. The summed E-state index contributed by atoms with van der Waals surface area (Å²) in [6, 6.07) is 10.5. The number of carbonyl (C=O) groups excluding carboxylic acids is 1. The van der Waals surface area contributed by atoms with E-state index < -0.39 is 0 Å². The molecule has 1 aromatic carbocycles. The van der Waals surface area contributed by atoms with E-state index in [1.807, 2.05) is 35.2 Å². The Kier molecular flexibility index (Phi) is 6.43. The van der Waals surface area contributed by atoms with Gasteiger partial charge in [0.15, 0.2) is 0 Å². The van der Waals surface area contributed by atoms with E-state index in [0.29, 0.717) is 18.3 Å². The molecule has 5 heteroatoms. The van der Waals surface area contributed by atoms with E-state index >= 15 is 0 Å². The molecule has 0 N–H and O–H groups in total. The molecule has 1 aliphatic heterocycles. The van der Waals surface area contributed by atoms with E-state index in [2.05, 4.69) is 4.90 Å². The van der Waals surface area contributed by atoms with Crippen LogP contribution in [0.5, 0.6) is 0 Å². The van der Waals surface area contributed by atoms with E-state index in [0.717, 1.165) is 31.6 Å². The van der Waals surface area contributed by atoms with Crippen LogP contribution in [0.2, 0.25) is 0 Å². The van der Waals surface area contributed by atoms with Gasteiger partial charge in [-0.3, -0.25) is 9.69 Å². The number of nitrogens with zero attached hydrogens (tertiary/aromatic N) is 2. The topological polar surface area (TPSA) is 23.6 Å². The fourth-order valence-corrected chi connectivity index (χ4v) is 4.69. The Bertz CT molecular complexity index is 533. The summed E-state index contributed by atoms with van der Waals surface area (Å²) in [5.41, 5.74) is 0.963. The van der Waals surface area contributed by atoms with Gasteiger partial charge in [-0.1, -0.05) is 24.6 Å². The molecular formula is C19H26Cl2N2O. The van der Waals surface area contributed by atoms with Crippen molar-refractivity contribution in [2.24, 2.45) is 0 Å². The summed E-state index contributed by atoms with van der Waals surface area (Å²) in [5, 5.41) is 0.136. The number of para-hydroxylation sites is 1. The van der Waals surface area contributed by atoms with Gasteiger partial charge < -0.3 is 4.90 Å². The quantitative estimate of drug-likeness (QED) is 0.724. The van der Waals surface area contributed by atoms with Crippen molar-refractivity contribution in [3.05, 3.63) is 30.3 Å². The van der Waals surface area contributed by atoms with Gasteiger partial charge in [0.2, 0.25) is 5.91 Å². The first-order valence-corrected chi connectivity index (χ1v) is 9.99. The predicted octanol–water partition coefficient (Wildman–Crippen LogP) is 4.27. The molecule has 3 rings (SSSR count). The molecule has 0 aromatic heterocycles. The largest absolute Gasteiger partial charge is 0.308 e. The minimum atomic E-state index is 0.106. The highest BCUT2D eigenvalue weighted by atomic mass is 35.5. The number of carbonyl (C=O) groups is 1. The maximum atomic E-state index is 12.8. The Balaban J connectivity index is 1.87. The number of alkyl halides is 2. The highest BCUT2D eigenvalue weighted by molar-refractivity contribution is 6.21. The number of anilines is 1. The van der Waals surface area contributed by atoms with Crippen LogP contribution in [-0.4, -0.2) is 47.2 Å². The minimum Gasteiger partial charge on any atom is -0.308 e. The molecule has 3 atom stereocenters. The van der Waals surface area contributed by atoms with Crippen LogP contribution in [0, 0.1) is 0 Å². The minimum absolute atomic E-state index is 0.106. The summed E-state index contributed by atoms with van der Waals surface area (Å²) >= 11 is 12.4. The fraction of sp³-hybridized carbons (Fsp3) is 0.632. The lowest BCUT2D eigenvalue weighted by Gasteiger charge is -2.40. The zero-order chi connectivity index (χ0) is 16.9. The maximum Gasteiger partial charge on any atom is 0.228 e. The van der Waals surface area contributed by atoms with Gasteiger partial charge in [-0.25, -0.2) is 0 Å². The van der Waals surface area contributed by atoms with E-state index in [1.165, 1.54) is 19.3 Å². The Labute approximate surface area is 154 Å². The molecule has 1 aliphatic carbocycles. The van der Waals surface area contributed by atoms with Crippen molar-refractivity contribution in [2.45, 2.75) is 56.0 Å². The summed E-state index contributed by atoms with van der Waals surface area (Å²) in [5.74, 6) is 0.460. The predicted molar refractivity (Wildman–Crippen MR) is 101 cm³/mol. The molecule has 24 heavy (non-hydrogen) atoms. The molecule has 1 aromatic rings. The monoisotopic (exact) mass is 368 g/mol. The number of hydrogen-bond acceptors (Lipinski definition) is 2. The third kappa shape index (κ3) is 4.07. The van der Waals surface area contributed by atoms with Gasteiger partial charge in [-0.15, -0.1) is 23.2 Å². The third-order valence-corrected chi connectivity index (χ3v) is 5.79. The Hall–Kier alpha value is -0.770. The van der Waals surface area contributed by atoms with Crippen molar-refractivity contribution < 1.29 is 4.79 Å². The second-order valence-electron chi connectivity index (χ2n) is 6.84. The van der Waals surface area contributed by atoms with Crippen LogP contribution in [0.25, 0.3) is 0 Å². The highest BCUT2D eigenvalue weighted by Crippen LogP contribution is 2.36. The van der Waals surface area contributed by atoms with Crippen LogP contribution in [0.3, 0.4) is 0 Å². The molecule has 2 aliphatic rings. The van der Waals surface area contributed by atoms with E-state index in [1.54, 1.807) is 0 Å². The van der Waals surface area contributed by atoms with Crippen molar-refractivity contribution in [2.75, 3.05) is 23.9 Å². The van der Waals surface area contributed by atoms with Crippen LogP contribution >= 0.6 is 23.2 Å². The molecule has 1 heterocycles. The second kappa shape index (κ2) is 8.55. The summed E-state index contributed by atoms with van der Waals surface area (Å²) in [6.07, 6.45) is 5.99. The van der Waals surface area contributed by atoms with Crippen molar-refractivity contribution in [1.82, 2.24) is 4.90 Å². The fourth-order valence-electron chi connectivity index (χ4n) is 4.16. The molecule has 3 unspecified atom stereocenters. The molecule has 3 nitrogen and oxygen atoms in total. The zero-order valence-corrected chi connectivity index (χ0v) is 15.6. The number of hydrogen-bond donors (Lipinski definition) is 0. The molecular weight excluding hydrogens is 343 g/mol. The van der Waals surface area contributed by atoms with Gasteiger partial charge in [-0.2, -0.15) is 0 Å². The van der Waals surface area contributed by atoms with Gasteiger partial charge >= 0.3 is 0 Å². The van der Waals surface area contributed by atoms with Gasteiger partial charge in [0, 0.05) is 29.4 Å². The first kappa shape index (κ1) is 18.0. The normalized spacial score (nSPS) is 28.0. The summed E-state index contributed by atoms with van der Waals surface area (Å²) in [4.78, 5) is 17.4. The average Bonchev–Trinajstić information content (AvgIpc) is 2.98. The molecule has 1 amide bonds. The number of halogens is 2. The molecule has 132 valence electrons. The lowest BCUT2D eigenvalue weighted by molar-refractivity contribution is -0.119. The van der Waals surface area contributed by atoms with Crippen LogP contribution in [-0.2, 0) is 4.79 Å². The lowest BCUT2D eigenvalue weighted by Crippen LogP contribution is -2.52. The molecule has 2 fully saturated rings. The second-order valence-corrected chi connectivity index (χ2v) is 7.83. The van der Waals surface area contributed by atoms with Crippen molar-refractivity contribution in [3.8, 4) is 0 Å². The maximum absolute atomic E-state index is 12.8. The highest BCUT2D eigenvalue weighted by Gasteiger charge is 2.42. The summed E-state index contributed by atoms with van der Waals surface area (Å²) in [7, 11) is 0. The summed E-state index contributed by atoms with van der Waals surface area (Å²) < 4.78 is 0. The first-order chi connectivity index (χ1) is 11.7. The van der Waals surface area contributed by atoms with Crippen LogP contribution < -0.4 is 4.90 Å². The number of piperidine rings is 1. The van der Waals surface area contributed by atoms with E-state index in [-0.39, 0.29) is 17.3 Å². The Morgan fingerprint density at radius 2 is 1.83 bits per heavy atom. The average molecular weight is 369 g/mol. The number of likely N-dealkylation sites (tertiary alicyclic amines) is 1. The standard InChI is InChI=1S/C19H26Cl2N2O/c20-10-9-19(24)23(16-7-3-1-4-8-16)18-14-15(21)13-17(18)22-11-5-2-6-12-22/h1,3-4,7-8,15,17-18H,2,5-6,9-14H2. The molecule has 0 bridgehead atoms. The van der Waals surface area contributed by atoms with E-state index in [9.17, 15) is 4.79 Å². The van der Waals surface area contributed by atoms with Gasteiger partial charge in [0.05, 0.1) is 6.04 Å². The molecule has 1 saturated carbocycles. The first-order valence-electron chi connectivity index (χ1n) is 9.02. The molecule has 0 spiro atoms. The van der Waals surface area contributed by atoms with Crippen molar-refractivity contribution in [1.29, 1.82) is 0 Å².